The van der Waals surface area contributed by atoms with Gasteiger partial charge in [0.1, 0.15) is 0 Å². The van der Waals surface area contributed by atoms with E-state index in [2.05, 4.69) is 5.32 Å². The van der Waals surface area contributed by atoms with E-state index in [1.165, 1.54) is 36.4 Å². The van der Waals surface area contributed by atoms with Crippen molar-refractivity contribution in [3.63, 3.8) is 0 Å². The number of halogens is 5. The Kier molecular flexibility index (Phi) is 8.98. The van der Waals surface area contributed by atoms with Crippen molar-refractivity contribution in [1.29, 1.82) is 0 Å². The average Bonchev–Trinajstić information content (AvgIpc) is 2.70. The molecule has 3 atom stereocenters. The number of hydrogen-bond donors (Lipinski definition) is 2. The van der Waals surface area contributed by atoms with Crippen LogP contribution in [0.1, 0.15) is 56.1 Å². The van der Waals surface area contributed by atoms with Crippen molar-refractivity contribution < 1.29 is 27.9 Å². The number of rotatable bonds is 9. The lowest BCUT2D eigenvalue weighted by Crippen LogP contribution is -2.34. The van der Waals surface area contributed by atoms with Crippen molar-refractivity contribution in [3.8, 4) is 0 Å². The summed E-state index contributed by atoms with van der Waals surface area (Å²) in [5.41, 5.74) is 0.939. The number of hydrogen-bond acceptors (Lipinski definition) is 2. The second kappa shape index (κ2) is 11.1. The number of carboxylic acids is 1. The number of amides is 1. The van der Waals surface area contributed by atoms with Crippen molar-refractivity contribution in [2.24, 2.45) is 5.92 Å². The number of alkyl halides is 3. The van der Waals surface area contributed by atoms with Crippen molar-refractivity contribution in [3.05, 3.63) is 63.6 Å². The number of carbonyl (C=O) groups excluding carboxylic acids is 1. The molecule has 0 heterocycles. The van der Waals surface area contributed by atoms with Crippen LogP contribution < -0.4 is 5.32 Å². The lowest BCUT2D eigenvalue weighted by atomic mass is 9.85. The first-order chi connectivity index (χ1) is 14.9. The van der Waals surface area contributed by atoms with Gasteiger partial charge < -0.3 is 10.4 Å². The Balaban J connectivity index is 2.40. The molecule has 32 heavy (non-hydrogen) atoms. The molecule has 0 radical (unpaired) electrons. The molecule has 9 heteroatoms. The molecule has 2 rings (SSSR count). The summed E-state index contributed by atoms with van der Waals surface area (Å²) in [4.78, 5) is 24.2. The van der Waals surface area contributed by atoms with Crippen LogP contribution in [0.4, 0.5) is 18.9 Å². The zero-order valence-corrected chi connectivity index (χ0v) is 19.1. The molecule has 0 bridgehead atoms. The molecule has 1 amide bonds. The minimum absolute atomic E-state index is 0.110. The topological polar surface area (TPSA) is 66.4 Å². The Morgan fingerprint density at radius 3 is 2.19 bits per heavy atom. The Hall–Kier alpha value is -2.25. The normalized spacial score (nSPS) is 14.5. The molecular formula is C23H24Cl2F3NO3. The summed E-state index contributed by atoms with van der Waals surface area (Å²) >= 11 is 12.0. The van der Waals surface area contributed by atoms with Crippen LogP contribution in [0.2, 0.25) is 10.0 Å². The SMILES string of the molecule is CCC[C@@H](CC(=O)O)c1ccc(Cl)c(NC(=O)[C@H](c2ccc(Cl)cc2)C(C)C(F)(F)F)c1. The van der Waals surface area contributed by atoms with Gasteiger partial charge in [0, 0.05) is 5.02 Å². The van der Waals surface area contributed by atoms with E-state index in [-0.39, 0.29) is 28.6 Å². The molecule has 0 aliphatic heterocycles. The summed E-state index contributed by atoms with van der Waals surface area (Å²) < 4.78 is 40.6. The van der Waals surface area contributed by atoms with Gasteiger partial charge in [-0.25, -0.2) is 0 Å². The molecule has 0 spiro atoms. The minimum atomic E-state index is -4.61. The zero-order valence-electron chi connectivity index (χ0n) is 17.5. The molecule has 0 fully saturated rings. The van der Waals surface area contributed by atoms with Crippen LogP contribution in [0.3, 0.4) is 0 Å². The second-order valence-electron chi connectivity index (χ2n) is 7.67. The summed E-state index contributed by atoms with van der Waals surface area (Å²) in [5.74, 6) is -5.65. The van der Waals surface area contributed by atoms with Gasteiger partial charge >= 0.3 is 12.1 Å². The molecule has 0 saturated heterocycles. The molecule has 2 N–H and O–H groups in total. The average molecular weight is 490 g/mol. The molecule has 0 aliphatic rings. The van der Waals surface area contributed by atoms with E-state index < -0.39 is 29.9 Å². The van der Waals surface area contributed by atoms with E-state index in [0.29, 0.717) is 17.0 Å². The Bertz CT molecular complexity index is 948. The quantitative estimate of drug-likeness (QED) is 0.389. The van der Waals surface area contributed by atoms with Crippen molar-refractivity contribution in [2.75, 3.05) is 5.32 Å². The van der Waals surface area contributed by atoms with Gasteiger partial charge in [-0.15, -0.1) is 0 Å². The smallest absolute Gasteiger partial charge is 0.392 e. The maximum absolute atomic E-state index is 13.5. The monoisotopic (exact) mass is 489 g/mol. The van der Waals surface area contributed by atoms with Gasteiger partial charge in [0.15, 0.2) is 0 Å². The fourth-order valence-electron chi connectivity index (χ4n) is 3.58. The van der Waals surface area contributed by atoms with E-state index in [9.17, 15) is 27.9 Å². The fourth-order valence-corrected chi connectivity index (χ4v) is 3.87. The van der Waals surface area contributed by atoms with Crippen LogP contribution in [0.25, 0.3) is 0 Å². The van der Waals surface area contributed by atoms with Crippen molar-refractivity contribution in [2.45, 2.75) is 51.1 Å². The van der Waals surface area contributed by atoms with Crippen LogP contribution >= 0.6 is 23.2 Å². The van der Waals surface area contributed by atoms with Crippen LogP contribution in [0, 0.1) is 5.92 Å². The maximum Gasteiger partial charge on any atom is 0.392 e. The molecule has 0 saturated carbocycles. The maximum atomic E-state index is 13.5. The van der Waals surface area contributed by atoms with Crippen LogP contribution in [-0.2, 0) is 9.59 Å². The first-order valence-electron chi connectivity index (χ1n) is 10.1. The van der Waals surface area contributed by atoms with E-state index in [1.807, 2.05) is 6.92 Å². The van der Waals surface area contributed by atoms with Gasteiger partial charge in [0.25, 0.3) is 0 Å². The van der Waals surface area contributed by atoms with Crippen molar-refractivity contribution >= 4 is 40.8 Å². The number of nitrogens with one attached hydrogen (secondary N) is 1. The molecule has 174 valence electrons. The van der Waals surface area contributed by atoms with Crippen molar-refractivity contribution in [1.82, 2.24) is 0 Å². The second-order valence-corrected chi connectivity index (χ2v) is 8.52. The molecule has 1 unspecified atom stereocenters. The standard InChI is InChI=1S/C23H24Cl2F3NO3/c1-3-4-15(12-20(30)31)16-7-10-18(25)19(11-16)29-22(32)21(13(2)23(26,27)28)14-5-8-17(24)9-6-14/h5-11,13,15,21H,3-4,12H2,1-2H3,(H,29,32)(H,30,31)/t13?,15-,21-/m0/s1. The van der Waals surface area contributed by atoms with Crippen LogP contribution in [0.15, 0.2) is 42.5 Å². The molecular weight excluding hydrogens is 466 g/mol. The highest BCUT2D eigenvalue weighted by Crippen LogP contribution is 2.39. The predicted octanol–water partition coefficient (Wildman–Crippen LogP) is 7.27. The molecule has 2 aromatic carbocycles. The third-order valence-electron chi connectivity index (χ3n) is 5.31. The Labute approximate surface area is 194 Å². The molecule has 4 nitrogen and oxygen atoms in total. The summed E-state index contributed by atoms with van der Waals surface area (Å²) in [6.45, 7) is 2.86. The number of carbonyl (C=O) groups is 2. The number of carboxylic acid groups (broad SMARTS) is 1. The molecule has 0 aromatic heterocycles. The summed E-state index contributed by atoms with van der Waals surface area (Å²) in [6, 6.07) is 10.3. The lowest BCUT2D eigenvalue weighted by Gasteiger charge is -2.26. The van der Waals surface area contributed by atoms with E-state index in [1.54, 1.807) is 6.07 Å². The largest absolute Gasteiger partial charge is 0.481 e. The third-order valence-corrected chi connectivity index (χ3v) is 5.89. The molecule has 0 aliphatic carbocycles. The van der Waals surface area contributed by atoms with E-state index in [4.69, 9.17) is 23.2 Å². The van der Waals surface area contributed by atoms with Gasteiger partial charge in [0.05, 0.1) is 29.0 Å². The summed E-state index contributed by atoms with van der Waals surface area (Å²) in [7, 11) is 0. The van der Waals surface area contributed by atoms with Gasteiger partial charge in [-0.05, 0) is 47.7 Å². The highest BCUT2D eigenvalue weighted by molar-refractivity contribution is 6.33. The Morgan fingerprint density at radius 2 is 1.66 bits per heavy atom. The highest BCUT2D eigenvalue weighted by atomic mass is 35.5. The van der Waals surface area contributed by atoms with Crippen LogP contribution in [0.5, 0.6) is 0 Å². The third kappa shape index (κ3) is 6.87. The predicted molar refractivity (Wildman–Crippen MR) is 119 cm³/mol. The Morgan fingerprint density at radius 1 is 1.06 bits per heavy atom. The number of anilines is 1. The minimum Gasteiger partial charge on any atom is -0.481 e. The molecule has 2 aromatic rings. The van der Waals surface area contributed by atoms with E-state index >= 15 is 0 Å². The highest BCUT2D eigenvalue weighted by Gasteiger charge is 2.45. The number of benzene rings is 2. The first-order valence-corrected chi connectivity index (χ1v) is 10.8. The van der Waals surface area contributed by atoms with Gasteiger partial charge in [-0.1, -0.05) is 61.7 Å². The fraction of sp³-hybridized carbons (Fsp3) is 0.391. The van der Waals surface area contributed by atoms with Gasteiger partial charge in [-0.2, -0.15) is 13.2 Å². The summed E-state index contributed by atoms with van der Waals surface area (Å²) in [6.07, 6.45) is -3.38. The van der Waals surface area contributed by atoms with E-state index in [0.717, 1.165) is 13.3 Å². The van der Waals surface area contributed by atoms with Gasteiger partial charge in [0.2, 0.25) is 5.91 Å². The van der Waals surface area contributed by atoms with Gasteiger partial charge in [-0.3, -0.25) is 9.59 Å². The lowest BCUT2D eigenvalue weighted by molar-refractivity contribution is -0.178. The number of aliphatic carboxylic acids is 1. The summed E-state index contributed by atoms with van der Waals surface area (Å²) in [5, 5.41) is 12.2. The zero-order chi connectivity index (χ0) is 24.1. The first kappa shape index (κ1) is 26.0. The van der Waals surface area contributed by atoms with Crippen LogP contribution in [-0.4, -0.2) is 23.2 Å².